The maximum atomic E-state index is 11.0. The van der Waals surface area contributed by atoms with Crippen LogP contribution in [0.1, 0.15) is 34.1 Å². The number of aromatic carboxylic acids is 2. The molecule has 0 amide bonds. The van der Waals surface area contributed by atoms with E-state index in [1.807, 2.05) is 6.92 Å². The molecule has 0 aliphatic carbocycles. The number of ether oxygens (including phenoxy) is 2. The second kappa shape index (κ2) is 7.31. The predicted octanol–water partition coefficient (Wildman–Crippen LogP) is 3.28. The van der Waals surface area contributed by atoms with Crippen LogP contribution in [-0.4, -0.2) is 28.4 Å². The Morgan fingerprint density at radius 1 is 0.913 bits per heavy atom. The Bertz CT molecular complexity index is 650. The third-order valence-corrected chi connectivity index (χ3v) is 3.03. The standard InChI is InChI=1S/C17H16O6/c1-2-15(22-13-7-3-5-11(9-13)16(18)19)23-14-8-4-6-12(10-14)17(20)21/h3-10,15H,2H2,1H3,(H,18,19)(H,20,21). The van der Waals surface area contributed by atoms with Gasteiger partial charge in [0.2, 0.25) is 6.29 Å². The first-order valence-electron chi connectivity index (χ1n) is 6.99. The molecular weight excluding hydrogens is 300 g/mol. The van der Waals surface area contributed by atoms with Gasteiger partial charge in [-0.2, -0.15) is 0 Å². The van der Waals surface area contributed by atoms with Crippen molar-refractivity contribution in [2.75, 3.05) is 0 Å². The van der Waals surface area contributed by atoms with Gasteiger partial charge in [0.15, 0.2) is 0 Å². The Morgan fingerprint density at radius 2 is 1.35 bits per heavy atom. The Kier molecular flexibility index (Phi) is 5.19. The van der Waals surface area contributed by atoms with Gasteiger partial charge in [0.05, 0.1) is 11.1 Å². The lowest BCUT2D eigenvalue weighted by Crippen LogP contribution is -2.23. The Morgan fingerprint density at radius 3 is 1.70 bits per heavy atom. The molecule has 23 heavy (non-hydrogen) atoms. The lowest BCUT2D eigenvalue weighted by atomic mass is 10.2. The van der Waals surface area contributed by atoms with Crippen molar-refractivity contribution in [1.29, 1.82) is 0 Å². The molecule has 2 aromatic carbocycles. The monoisotopic (exact) mass is 316 g/mol. The smallest absolute Gasteiger partial charge is 0.335 e. The number of rotatable bonds is 7. The first-order chi connectivity index (χ1) is 11.0. The summed E-state index contributed by atoms with van der Waals surface area (Å²) in [4.78, 5) is 21.9. The molecule has 0 radical (unpaired) electrons. The molecule has 6 nitrogen and oxygen atoms in total. The zero-order valence-electron chi connectivity index (χ0n) is 12.4. The van der Waals surface area contributed by atoms with Crippen molar-refractivity contribution in [1.82, 2.24) is 0 Å². The molecule has 0 unspecified atom stereocenters. The third-order valence-electron chi connectivity index (χ3n) is 3.03. The van der Waals surface area contributed by atoms with E-state index >= 15 is 0 Å². The van der Waals surface area contributed by atoms with E-state index in [1.165, 1.54) is 24.3 Å². The molecule has 0 atom stereocenters. The molecule has 0 spiro atoms. The molecule has 2 rings (SSSR count). The number of carboxylic acids is 2. The molecule has 0 fully saturated rings. The summed E-state index contributed by atoms with van der Waals surface area (Å²) in [5, 5.41) is 18.0. The van der Waals surface area contributed by atoms with Crippen molar-refractivity contribution < 1.29 is 29.3 Å². The predicted molar refractivity (Wildman–Crippen MR) is 82.1 cm³/mol. The molecule has 2 N–H and O–H groups in total. The number of carboxylic acid groups (broad SMARTS) is 2. The van der Waals surface area contributed by atoms with Crippen molar-refractivity contribution in [2.45, 2.75) is 19.6 Å². The van der Waals surface area contributed by atoms with Gasteiger partial charge in [0, 0.05) is 6.42 Å². The first-order valence-corrected chi connectivity index (χ1v) is 6.99. The summed E-state index contributed by atoms with van der Waals surface area (Å²) in [6.07, 6.45) is -0.169. The fourth-order valence-electron chi connectivity index (χ4n) is 1.90. The SMILES string of the molecule is CCC(Oc1cccc(C(=O)O)c1)Oc1cccc(C(=O)O)c1. The van der Waals surface area contributed by atoms with Crippen molar-refractivity contribution >= 4 is 11.9 Å². The molecule has 0 aliphatic heterocycles. The van der Waals surface area contributed by atoms with E-state index in [0.29, 0.717) is 17.9 Å². The van der Waals surface area contributed by atoms with E-state index < -0.39 is 18.2 Å². The summed E-state index contributed by atoms with van der Waals surface area (Å²) in [6, 6.07) is 12.2. The van der Waals surface area contributed by atoms with Crippen molar-refractivity contribution in [3.8, 4) is 11.5 Å². The molecule has 0 aromatic heterocycles. The highest BCUT2D eigenvalue weighted by molar-refractivity contribution is 5.88. The van der Waals surface area contributed by atoms with Crippen LogP contribution in [0.5, 0.6) is 11.5 Å². The molecule has 0 bridgehead atoms. The van der Waals surface area contributed by atoms with Gasteiger partial charge in [-0.1, -0.05) is 19.1 Å². The summed E-state index contributed by atoms with van der Waals surface area (Å²) >= 11 is 0. The molecule has 120 valence electrons. The normalized spacial score (nSPS) is 10.3. The van der Waals surface area contributed by atoms with Gasteiger partial charge in [0.1, 0.15) is 11.5 Å². The molecule has 6 heteroatoms. The summed E-state index contributed by atoms with van der Waals surface area (Å²) in [6.45, 7) is 1.84. The van der Waals surface area contributed by atoms with Crippen LogP contribution in [0.2, 0.25) is 0 Å². The summed E-state index contributed by atoms with van der Waals surface area (Å²) in [5.41, 5.74) is 0.232. The minimum atomic E-state index is -1.04. The highest BCUT2D eigenvalue weighted by Gasteiger charge is 2.13. The van der Waals surface area contributed by atoms with Crippen LogP contribution in [0.3, 0.4) is 0 Å². The summed E-state index contributed by atoms with van der Waals surface area (Å²) < 4.78 is 11.3. The van der Waals surface area contributed by atoms with Crippen LogP contribution in [0, 0.1) is 0 Å². The lowest BCUT2D eigenvalue weighted by molar-refractivity contribution is 0.00305. The molecule has 0 aliphatic rings. The molecule has 0 saturated heterocycles. The Hall–Kier alpha value is -3.02. The van der Waals surface area contributed by atoms with E-state index in [4.69, 9.17) is 19.7 Å². The average Bonchev–Trinajstić information content (AvgIpc) is 2.54. The van der Waals surface area contributed by atoms with E-state index in [9.17, 15) is 9.59 Å². The fourth-order valence-corrected chi connectivity index (χ4v) is 1.90. The van der Waals surface area contributed by atoms with Crippen molar-refractivity contribution in [2.24, 2.45) is 0 Å². The Balaban J connectivity index is 2.11. The van der Waals surface area contributed by atoms with Gasteiger partial charge in [-0.25, -0.2) is 9.59 Å². The van der Waals surface area contributed by atoms with Crippen LogP contribution >= 0.6 is 0 Å². The van der Waals surface area contributed by atoms with Crippen LogP contribution in [0.15, 0.2) is 48.5 Å². The lowest BCUT2D eigenvalue weighted by Gasteiger charge is -2.19. The fraction of sp³-hybridized carbons (Fsp3) is 0.176. The Labute approximate surface area is 132 Å². The largest absolute Gasteiger partial charge is 0.478 e. The number of hydrogen-bond acceptors (Lipinski definition) is 4. The minimum Gasteiger partial charge on any atom is -0.478 e. The van der Waals surface area contributed by atoms with Gasteiger partial charge in [-0.05, 0) is 36.4 Å². The maximum absolute atomic E-state index is 11.0. The van der Waals surface area contributed by atoms with Crippen LogP contribution in [0.4, 0.5) is 0 Å². The third kappa shape index (κ3) is 4.47. The summed E-state index contributed by atoms with van der Waals surface area (Å²) in [7, 11) is 0. The molecular formula is C17H16O6. The molecule has 2 aromatic rings. The highest BCUT2D eigenvalue weighted by Crippen LogP contribution is 2.20. The first kappa shape index (κ1) is 16.4. The molecule has 0 heterocycles. The van der Waals surface area contributed by atoms with Gasteiger partial charge < -0.3 is 19.7 Å². The van der Waals surface area contributed by atoms with Gasteiger partial charge >= 0.3 is 11.9 Å². The second-order valence-corrected chi connectivity index (χ2v) is 4.74. The van der Waals surface area contributed by atoms with Gasteiger partial charge in [-0.3, -0.25) is 0 Å². The zero-order valence-corrected chi connectivity index (χ0v) is 12.4. The number of benzene rings is 2. The highest BCUT2D eigenvalue weighted by atomic mass is 16.7. The van der Waals surface area contributed by atoms with Gasteiger partial charge in [0.25, 0.3) is 0 Å². The minimum absolute atomic E-state index is 0.116. The van der Waals surface area contributed by atoms with Crippen LogP contribution in [0.25, 0.3) is 0 Å². The van der Waals surface area contributed by atoms with E-state index in [2.05, 4.69) is 0 Å². The van der Waals surface area contributed by atoms with Crippen LogP contribution < -0.4 is 9.47 Å². The number of hydrogen-bond donors (Lipinski definition) is 2. The van der Waals surface area contributed by atoms with Crippen LogP contribution in [-0.2, 0) is 0 Å². The topological polar surface area (TPSA) is 93.1 Å². The average molecular weight is 316 g/mol. The van der Waals surface area contributed by atoms with Crippen molar-refractivity contribution in [3.63, 3.8) is 0 Å². The second-order valence-electron chi connectivity index (χ2n) is 4.74. The number of carbonyl (C=O) groups is 2. The van der Waals surface area contributed by atoms with E-state index in [0.717, 1.165) is 0 Å². The molecule has 0 saturated carbocycles. The van der Waals surface area contributed by atoms with E-state index in [-0.39, 0.29) is 11.1 Å². The van der Waals surface area contributed by atoms with Crippen molar-refractivity contribution in [3.05, 3.63) is 59.7 Å². The van der Waals surface area contributed by atoms with Gasteiger partial charge in [-0.15, -0.1) is 0 Å². The maximum Gasteiger partial charge on any atom is 0.335 e. The van der Waals surface area contributed by atoms with E-state index in [1.54, 1.807) is 24.3 Å². The zero-order chi connectivity index (χ0) is 16.8. The summed E-state index contributed by atoms with van der Waals surface area (Å²) in [5.74, 6) is -1.35. The quantitative estimate of drug-likeness (QED) is 0.761.